The van der Waals surface area contributed by atoms with Crippen LogP contribution in [0.2, 0.25) is 0 Å². The van der Waals surface area contributed by atoms with E-state index < -0.39 is 6.10 Å². The molecule has 1 atom stereocenters. The van der Waals surface area contributed by atoms with Crippen LogP contribution in [0.4, 0.5) is 10.5 Å². The summed E-state index contributed by atoms with van der Waals surface area (Å²) in [6, 6.07) is 7.17. The molecule has 0 aliphatic rings. The molecular weight excluding hydrogens is 274 g/mol. The molecule has 1 aromatic carbocycles. The summed E-state index contributed by atoms with van der Waals surface area (Å²) in [4.78, 5) is 16.0. The molecular formula is C14H17N3O2S. The Hall–Kier alpha value is -1.92. The van der Waals surface area contributed by atoms with Crippen molar-refractivity contribution in [3.8, 4) is 11.3 Å². The van der Waals surface area contributed by atoms with Crippen molar-refractivity contribution in [1.29, 1.82) is 0 Å². The third-order valence-corrected chi connectivity index (χ3v) is 3.37. The lowest BCUT2D eigenvalue weighted by molar-refractivity contribution is 0.190. The number of aromatic nitrogens is 1. The van der Waals surface area contributed by atoms with Gasteiger partial charge in [-0.2, -0.15) is 0 Å². The molecule has 106 valence electrons. The molecule has 1 unspecified atom stereocenters. The number of carbonyl (C=O) groups is 1. The van der Waals surface area contributed by atoms with Gasteiger partial charge in [0.2, 0.25) is 0 Å². The molecule has 2 amide bonds. The van der Waals surface area contributed by atoms with Gasteiger partial charge in [-0.15, -0.1) is 11.3 Å². The topological polar surface area (TPSA) is 74.2 Å². The van der Waals surface area contributed by atoms with E-state index in [0.717, 1.165) is 16.3 Å². The number of hydrogen-bond donors (Lipinski definition) is 3. The number of anilines is 1. The summed E-state index contributed by atoms with van der Waals surface area (Å²) in [6.45, 7) is 3.79. The second-order valence-corrected chi connectivity index (χ2v) is 5.58. The Bertz CT molecular complexity index is 596. The zero-order valence-electron chi connectivity index (χ0n) is 11.4. The van der Waals surface area contributed by atoms with Crippen LogP contribution >= 0.6 is 11.3 Å². The van der Waals surface area contributed by atoms with Crippen LogP contribution in [0.1, 0.15) is 11.9 Å². The van der Waals surface area contributed by atoms with Gasteiger partial charge in [-0.1, -0.05) is 12.1 Å². The van der Waals surface area contributed by atoms with E-state index in [0.29, 0.717) is 5.69 Å². The van der Waals surface area contributed by atoms with Gasteiger partial charge in [-0.25, -0.2) is 9.78 Å². The summed E-state index contributed by atoms with van der Waals surface area (Å²) < 4.78 is 0. The van der Waals surface area contributed by atoms with Gasteiger partial charge in [0, 0.05) is 23.2 Å². The highest BCUT2D eigenvalue weighted by molar-refractivity contribution is 7.09. The molecule has 0 aliphatic carbocycles. The molecule has 2 aromatic rings. The van der Waals surface area contributed by atoms with E-state index in [1.165, 1.54) is 0 Å². The van der Waals surface area contributed by atoms with Gasteiger partial charge in [-0.05, 0) is 26.0 Å². The van der Waals surface area contributed by atoms with Crippen LogP contribution < -0.4 is 10.6 Å². The monoisotopic (exact) mass is 291 g/mol. The molecule has 0 saturated carbocycles. The van der Waals surface area contributed by atoms with Crippen molar-refractivity contribution in [3.05, 3.63) is 34.7 Å². The van der Waals surface area contributed by atoms with Crippen molar-refractivity contribution < 1.29 is 9.90 Å². The third-order valence-electron chi connectivity index (χ3n) is 2.59. The number of nitrogens with zero attached hydrogens (tertiary/aromatic N) is 1. The van der Waals surface area contributed by atoms with Gasteiger partial charge in [0.05, 0.1) is 16.8 Å². The number of aryl methyl sites for hydroxylation is 1. The standard InChI is InChI=1S/C14H17N3O2S/c1-9(18)7-15-14(19)17-12-5-3-4-11(6-12)13-8-20-10(2)16-13/h3-6,8-9,18H,7H2,1-2H3,(H2,15,17,19). The minimum absolute atomic E-state index is 0.219. The molecule has 20 heavy (non-hydrogen) atoms. The Morgan fingerprint density at radius 2 is 2.30 bits per heavy atom. The summed E-state index contributed by atoms with van der Waals surface area (Å²) >= 11 is 1.59. The van der Waals surface area contributed by atoms with Gasteiger partial charge < -0.3 is 15.7 Å². The number of amides is 2. The first-order valence-corrected chi connectivity index (χ1v) is 7.18. The zero-order valence-corrected chi connectivity index (χ0v) is 12.2. The maximum absolute atomic E-state index is 11.6. The van der Waals surface area contributed by atoms with Gasteiger partial charge in [0.15, 0.2) is 0 Å². The minimum Gasteiger partial charge on any atom is -0.392 e. The molecule has 0 aliphatic heterocycles. The average molecular weight is 291 g/mol. The van der Waals surface area contributed by atoms with Crippen molar-refractivity contribution in [1.82, 2.24) is 10.3 Å². The van der Waals surface area contributed by atoms with E-state index in [9.17, 15) is 4.79 Å². The molecule has 0 spiro atoms. The SMILES string of the molecule is Cc1nc(-c2cccc(NC(=O)NCC(C)O)c2)cs1. The number of hydrogen-bond acceptors (Lipinski definition) is 4. The Kier molecular flexibility index (Phi) is 4.70. The summed E-state index contributed by atoms with van der Waals surface area (Å²) in [5.74, 6) is 0. The fourth-order valence-electron chi connectivity index (χ4n) is 1.67. The Morgan fingerprint density at radius 3 is 2.95 bits per heavy atom. The lowest BCUT2D eigenvalue weighted by Gasteiger charge is -2.09. The van der Waals surface area contributed by atoms with E-state index in [1.807, 2.05) is 36.6 Å². The smallest absolute Gasteiger partial charge is 0.319 e. The fourth-order valence-corrected chi connectivity index (χ4v) is 2.29. The molecule has 5 nitrogen and oxygen atoms in total. The first-order valence-electron chi connectivity index (χ1n) is 6.30. The van der Waals surface area contributed by atoms with Gasteiger partial charge in [0.25, 0.3) is 0 Å². The van der Waals surface area contributed by atoms with Crippen LogP contribution in [-0.4, -0.2) is 28.8 Å². The zero-order chi connectivity index (χ0) is 14.5. The molecule has 1 heterocycles. The summed E-state index contributed by atoms with van der Waals surface area (Å²) in [6.07, 6.45) is -0.565. The van der Waals surface area contributed by atoms with Crippen molar-refractivity contribution in [2.75, 3.05) is 11.9 Å². The largest absolute Gasteiger partial charge is 0.392 e. The molecule has 0 fully saturated rings. The third kappa shape index (κ3) is 4.04. The molecule has 6 heteroatoms. The second kappa shape index (κ2) is 6.49. The van der Waals surface area contributed by atoms with Crippen molar-refractivity contribution >= 4 is 23.1 Å². The molecule has 0 radical (unpaired) electrons. The molecule has 0 saturated heterocycles. The number of urea groups is 1. The molecule has 3 N–H and O–H groups in total. The predicted octanol–water partition coefficient (Wildman–Crippen LogP) is 2.62. The first kappa shape index (κ1) is 14.5. The number of rotatable bonds is 4. The minimum atomic E-state index is -0.565. The van der Waals surface area contributed by atoms with Crippen LogP contribution in [0.5, 0.6) is 0 Å². The van der Waals surface area contributed by atoms with Crippen LogP contribution in [-0.2, 0) is 0 Å². The predicted molar refractivity (Wildman–Crippen MR) is 81.0 cm³/mol. The van der Waals surface area contributed by atoms with Crippen LogP contribution in [0.25, 0.3) is 11.3 Å². The number of aliphatic hydroxyl groups is 1. The molecule has 2 rings (SSSR count). The van der Waals surface area contributed by atoms with Crippen LogP contribution in [0.15, 0.2) is 29.6 Å². The maximum Gasteiger partial charge on any atom is 0.319 e. The quantitative estimate of drug-likeness (QED) is 0.810. The maximum atomic E-state index is 11.6. The van der Waals surface area contributed by atoms with Gasteiger partial charge in [-0.3, -0.25) is 0 Å². The van der Waals surface area contributed by atoms with E-state index in [1.54, 1.807) is 18.3 Å². The average Bonchev–Trinajstić information content (AvgIpc) is 2.83. The van der Waals surface area contributed by atoms with E-state index in [-0.39, 0.29) is 12.6 Å². The van der Waals surface area contributed by atoms with E-state index in [2.05, 4.69) is 15.6 Å². The summed E-state index contributed by atoms with van der Waals surface area (Å²) in [7, 11) is 0. The highest BCUT2D eigenvalue weighted by atomic mass is 32.1. The number of thiazole rings is 1. The summed E-state index contributed by atoms with van der Waals surface area (Å²) in [5, 5.41) is 17.4. The number of aliphatic hydroxyl groups excluding tert-OH is 1. The second-order valence-electron chi connectivity index (χ2n) is 4.52. The Labute approximate surface area is 121 Å². The van der Waals surface area contributed by atoms with Crippen LogP contribution in [0.3, 0.4) is 0 Å². The van der Waals surface area contributed by atoms with Gasteiger partial charge >= 0.3 is 6.03 Å². The normalized spacial score (nSPS) is 11.9. The van der Waals surface area contributed by atoms with E-state index in [4.69, 9.17) is 5.11 Å². The number of nitrogens with one attached hydrogen (secondary N) is 2. The fraction of sp³-hybridized carbons (Fsp3) is 0.286. The van der Waals surface area contributed by atoms with Crippen LogP contribution in [0, 0.1) is 6.92 Å². The van der Waals surface area contributed by atoms with Gasteiger partial charge in [0.1, 0.15) is 0 Å². The van der Waals surface area contributed by atoms with Crippen molar-refractivity contribution in [2.45, 2.75) is 20.0 Å². The lowest BCUT2D eigenvalue weighted by Crippen LogP contribution is -2.34. The van der Waals surface area contributed by atoms with E-state index >= 15 is 0 Å². The number of carbonyl (C=O) groups excluding carboxylic acids is 1. The first-order chi connectivity index (χ1) is 9.54. The highest BCUT2D eigenvalue weighted by Crippen LogP contribution is 2.24. The molecule has 1 aromatic heterocycles. The highest BCUT2D eigenvalue weighted by Gasteiger charge is 2.06. The summed E-state index contributed by atoms with van der Waals surface area (Å²) in [5.41, 5.74) is 2.56. The van der Waals surface area contributed by atoms with Crippen molar-refractivity contribution in [2.24, 2.45) is 0 Å². The lowest BCUT2D eigenvalue weighted by atomic mass is 10.1. The molecule has 0 bridgehead atoms. The number of benzene rings is 1. The van der Waals surface area contributed by atoms with Crippen molar-refractivity contribution in [3.63, 3.8) is 0 Å². The Morgan fingerprint density at radius 1 is 1.50 bits per heavy atom. The Balaban J connectivity index is 2.05.